The molecule has 0 unspecified atom stereocenters. The molecule has 0 fully saturated rings. The quantitative estimate of drug-likeness (QED) is 0.567. The van der Waals surface area contributed by atoms with E-state index in [-0.39, 0.29) is 0 Å². The van der Waals surface area contributed by atoms with Gasteiger partial charge in [0.1, 0.15) is 0 Å². The van der Waals surface area contributed by atoms with Gasteiger partial charge in [0.05, 0.1) is 0 Å². The van der Waals surface area contributed by atoms with Gasteiger partial charge in [-0.15, -0.1) is 0 Å². The van der Waals surface area contributed by atoms with Crippen LogP contribution >= 0.6 is 0 Å². The lowest BCUT2D eigenvalue weighted by molar-refractivity contribution is 0.206. The molecule has 1 heterocycles. The molecule has 0 radical (unpaired) electrons. The summed E-state index contributed by atoms with van der Waals surface area (Å²) in [5, 5.41) is 2.41. The highest BCUT2D eigenvalue weighted by Crippen LogP contribution is 2.36. The molecule has 3 heteroatoms. The minimum Gasteiger partial charge on any atom is -0.353 e. The second-order valence-electron chi connectivity index (χ2n) is 2.54. The largest absolute Gasteiger partial charge is 0.353 e. The molecule has 2 rings (SSSR count). The molecule has 0 aromatic heterocycles. The summed E-state index contributed by atoms with van der Waals surface area (Å²) < 4.78 is 25.5. The monoisotopic (exact) mass is 155 g/mol. The molecule has 0 bridgehead atoms. The molecular formula is C8H7F2N. The summed E-state index contributed by atoms with van der Waals surface area (Å²) in [6.07, 6.45) is -3.08. The van der Waals surface area contributed by atoms with Gasteiger partial charge in [0, 0.05) is 11.3 Å². The topological polar surface area (TPSA) is 12.0 Å². The zero-order valence-electron chi connectivity index (χ0n) is 5.72. The van der Waals surface area contributed by atoms with Gasteiger partial charge in [-0.2, -0.15) is 0 Å². The highest BCUT2D eigenvalue weighted by Gasteiger charge is 2.31. The van der Waals surface area contributed by atoms with E-state index in [1.54, 1.807) is 24.3 Å². The summed E-state index contributed by atoms with van der Waals surface area (Å²) in [4.78, 5) is 0. The van der Waals surface area contributed by atoms with Crippen LogP contribution in [0, 0.1) is 0 Å². The molecule has 0 saturated heterocycles. The standard InChI is InChI=1S/C8H7F2N/c9-7-5-3-1-2-4-6(5)11-8(7)10/h1-4,7-8,11H/t7-,8+/m0/s1. The van der Waals surface area contributed by atoms with Gasteiger partial charge >= 0.3 is 0 Å². The first-order chi connectivity index (χ1) is 5.29. The molecule has 1 N–H and O–H groups in total. The number of anilines is 1. The van der Waals surface area contributed by atoms with Crippen LogP contribution in [0.15, 0.2) is 24.3 Å². The molecule has 2 atom stereocenters. The first-order valence-corrected chi connectivity index (χ1v) is 3.42. The van der Waals surface area contributed by atoms with Crippen molar-refractivity contribution in [1.29, 1.82) is 0 Å². The van der Waals surface area contributed by atoms with Crippen LogP contribution in [-0.4, -0.2) is 6.30 Å². The van der Waals surface area contributed by atoms with E-state index >= 15 is 0 Å². The van der Waals surface area contributed by atoms with Crippen molar-refractivity contribution in [3.63, 3.8) is 0 Å². The lowest BCUT2D eigenvalue weighted by atomic mass is 10.1. The van der Waals surface area contributed by atoms with E-state index in [1.165, 1.54) is 0 Å². The van der Waals surface area contributed by atoms with Crippen molar-refractivity contribution in [3.05, 3.63) is 29.8 Å². The van der Waals surface area contributed by atoms with Crippen LogP contribution in [0.4, 0.5) is 14.5 Å². The summed E-state index contributed by atoms with van der Waals surface area (Å²) in [5.41, 5.74) is 0.979. The number of rotatable bonds is 0. The van der Waals surface area contributed by atoms with Crippen molar-refractivity contribution in [3.8, 4) is 0 Å². The summed E-state index contributed by atoms with van der Waals surface area (Å²) >= 11 is 0. The maximum atomic E-state index is 12.9. The van der Waals surface area contributed by atoms with Crippen molar-refractivity contribution in [2.45, 2.75) is 12.5 Å². The van der Waals surface area contributed by atoms with Crippen LogP contribution in [-0.2, 0) is 0 Å². The Morgan fingerprint density at radius 3 is 2.64 bits per heavy atom. The maximum absolute atomic E-state index is 12.9. The molecule has 0 spiro atoms. The highest BCUT2D eigenvalue weighted by atomic mass is 19.2. The Kier molecular flexibility index (Phi) is 1.31. The summed E-state index contributed by atoms with van der Waals surface area (Å²) in [6.45, 7) is 0. The van der Waals surface area contributed by atoms with E-state index in [9.17, 15) is 8.78 Å². The molecule has 11 heavy (non-hydrogen) atoms. The second-order valence-corrected chi connectivity index (χ2v) is 2.54. The molecule has 1 aromatic rings. The Balaban J connectivity index is 2.47. The number of benzene rings is 1. The van der Waals surface area contributed by atoms with E-state index in [4.69, 9.17) is 0 Å². The van der Waals surface area contributed by atoms with Gasteiger partial charge < -0.3 is 5.32 Å². The Bertz CT molecular complexity index is 275. The smallest absolute Gasteiger partial charge is 0.205 e. The summed E-state index contributed by atoms with van der Waals surface area (Å²) in [6, 6.07) is 6.70. The lowest BCUT2D eigenvalue weighted by Crippen LogP contribution is -2.09. The van der Waals surface area contributed by atoms with Gasteiger partial charge in [0.25, 0.3) is 0 Å². The van der Waals surface area contributed by atoms with E-state index in [0.717, 1.165) is 0 Å². The molecule has 0 saturated carbocycles. The molecule has 0 aliphatic carbocycles. The van der Waals surface area contributed by atoms with E-state index in [0.29, 0.717) is 11.3 Å². The maximum Gasteiger partial charge on any atom is 0.205 e. The third-order valence-electron chi connectivity index (χ3n) is 1.81. The average molecular weight is 155 g/mol. The van der Waals surface area contributed by atoms with Crippen LogP contribution in [0.5, 0.6) is 0 Å². The predicted octanol–water partition coefficient (Wildman–Crippen LogP) is 2.42. The number of halogens is 2. The van der Waals surface area contributed by atoms with Gasteiger partial charge in [0.2, 0.25) is 6.30 Å². The molecule has 58 valence electrons. The van der Waals surface area contributed by atoms with Crippen molar-refractivity contribution in [2.24, 2.45) is 0 Å². The lowest BCUT2D eigenvalue weighted by Gasteiger charge is -2.00. The minimum absolute atomic E-state index is 0.417. The molecular weight excluding hydrogens is 148 g/mol. The predicted molar refractivity (Wildman–Crippen MR) is 38.8 cm³/mol. The Hall–Kier alpha value is -1.12. The van der Waals surface area contributed by atoms with Crippen LogP contribution < -0.4 is 5.32 Å². The van der Waals surface area contributed by atoms with Crippen LogP contribution in [0.25, 0.3) is 0 Å². The normalized spacial score (nSPS) is 27.8. The van der Waals surface area contributed by atoms with Gasteiger partial charge in [0.15, 0.2) is 6.17 Å². The van der Waals surface area contributed by atoms with Gasteiger partial charge in [-0.1, -0.05) is 18.2 Å². The van der Waals surface area contributed by atoms with Crippen molar-refractivity contribution in [1.82, 2.24) is 0 Å². The SMILES string of the molecule is F[C@@H]1Nc2ccccc2[C@@H]1F. The summed E-state index contributed by atoms with van der Waals surface area (Å²) in [7, 11) is 0. The zero-order valence-corrected chi connectivity index (χ0v) is 5.72. The van der Waals surface area contributed by atoms with Gasteiger partial charge in [-0.05, 0) is 6.07 Å². The van der Waals surface area contributed by atoms with E-state index < -0.39 is 12.5 Å². The van der Waals surface area contributed by atoms with Crippen LogP contribution in [0.1, 0.15) is 11.7 Å². The average Bonchev–Trinajstić information content (AvgIpc) is 2.30. The zero-order chi connectivity index (χ0) is 7.84. The van der Waals surface area contributed by atoms with Gasteiger partial charge in [-0.25, -0.2) is 8.78 Å². The van der Waals surface area contributed by atoms with Crippen LogP contribution in [0.2, 0.25) is 0 Å². The van der Waals surface area contributed by atoms with Gasteiger partial charge in [-0.3, -0.25) is 0 Å². The van der Waals surface area contributed by atoms with Crippen LogP contribution in [0.3, 0.4) is 0 Å². The third-order valence-corrected chi connectivity index (χ3v) is 1.81. The third kappa shape index (κ3) is 0.878. The Morgan fingerprint density at radius 2 is 1.91 bits per heavy atom. The number of fused-ring (bicyclic) bond motifs is 1. The van der Waals surface area contributed by atoms with Crippen molar-refractivity contribution < 1.29 is 8.78 Å². The number of alkyl halides is 2. The fraction of sp³-hybridized carbons (Fsp3) is 0.250. The number of nitrogens with one attached hydrogen (secondary N) is 1. The number of hydrogen-bond acceptors (Lipinski definition) is 1. The fourth-order valence-corrected chi connectivity index (χ4v) is 1.25. The second kappa shape index (κ2) is 2.19. The fourth-order valence-electron chi connectivity index (χ4n) is 1.25. The van der Waals surface area contributed by atoms with Crippen molar-refractivity contribution in [2.75, 3.05) is 5.32 Å². The molecule has 1 aliphatic rings. The number of para-hydroxylation sites is 1. The van der Waals surface area contributed by atoms with E-state index in [2.05, 4.69) is 5.32 Å². The minimum atomic E-state index is -1.58. The molecule has 1 aromatic carbocycles. The summed E-state index contributed by atoms with van der Waals surface area (Å²) in [5.74, 6) is 0. The number of hydrogen-bond donors (Lipinski definition) is 1. The Morgan fingerprint density at radius 1 is 1.18 bits per heavy atom. The Labute approximate surface area is 63.0 Å². The highest BCUT2D eigenvalue weighted by molar-refractivity contribution is 5.57. The first-order valence-electron chi connectivity index (χ1n) is 3.42. The molecule has 0 amide bonds. The van der Waals surface area contributed by atoms with E-state index in [1.807, 2.05) is 0 Å². The molecule has 1 aliphatic heterocycles. The van der Waals surface area contributed by atoms with Crippen molar-refractivity contribution >= 4 is 5.69 Å². The molecule has 1 nitrogen and oxygen atoms in total. The first kappa shape index (κ1) is 6.58.